The minimum Gasteiger partial charge on any atom is -0.386 e. The van der Waals surface area contributed by atoms with E-state index in [2.05, 4.69) is 15.5 Å². The molecule has 1 aromatic carbocycles. The standard InChI is InChI=1S/C15H13ClN4O2S/c16-14-7-6-13(23-14)12(21)9-17-15(22)11-8-18-20(19-11)10-4-2-1-3-5-10/h1-8,12,21H,9H2,(H,17,22)/t12-/m0/s1. The number of hydrogen-bond donors (Lipinski definition) is 2. The first-order chi connectivity index (χ1) is 11.1. The average Bonchev–Trinajstić information content (AvgIpc) is 3.22. The van der Waals surface area contributed by atoms with E-state index in [1.54, 1.807) is 12.1 Å². The van der Waals surface area contributed by atoms with E-state index in [-0.39, 0.29) is 12.2 Å². The van der Waals surface area contributed by atoms with Crippen LogP contribution in [0.15, 0.2) is 48.7 Å². The number of aliphatic hydroxyl groups excluding tert-OH is 1. The Morgan fingerprint density at radius 3 is 2.78 bits per heavy atom. The minimum absolute atomic E-state index is 0.0773. The number of halogens is 1. The molecule has 0 saturated carbocycles. The van der Waals surface area contributed by atoms with Crippen LogP contribution in [0.2, 0.25) is 4.34 Å². The molecule has 3 rings (SSSR count). The van der Waals surface area contributed by atoms with Crippen LogP contribution in [0.4, 0.5) is 0 Å². The summed E-state index contributed by atoms with van der Waals surface area (Å²) in [6.45, 7) is 0.0773. The summed E-state index contributed by atoms with van der Waals surface area (Å²) in [6.07, 6.45) is 0.581. The zero-order valence-electron chi connectivity index (χ0n) is 11.9. The van der Waals surface area contributed by atoms with Crippen molar-refractivity contribution in [2.45, 2.75) is 6.10 Å². The van der Waals surface area contributed by atoms with Crippen LogP contribution in [0.5, 0.6) is 0 Å². The quantitative estimate of drug-likeness (QED) is 0.742. The summed E-state index contributed by atoms with van der Waals surface area (Å²) in [5.74, 6) is -0.395. The number of nitrogens with one attached hydrogen (secondary N) is 1. The summed E-state index contributed by atoms with van der Waals surface area (Å²) in [5.41, 5.74) is 0.949. The van der Waals surface area contributed by atoms with Gasteiger partial charge in [0.1, 0.15) is 6.10 Å². The Hall–Kier alpha value is -2.22. The zero-order valence-corrected chi connectivity index (χ0v) is 13.5. The maximum atomic E-state index is 12.1. The first kappa shape index (κ1) is 15.7. The fourth-order valence-corrected chi connectivity index (χ4v) is 2.99. The average molecular weight is 349 g/mol. The fraction of sp³-hybridized carbons (Fsp3) is 0.133. The highest BCUT2D eigenvalue weighted by molar-refractivity contribution is 7.16. The Balaban J connectivity index is 1.62. The molecule has 0 radical (unpaired) electrons. The Kier molecular flexibility index (Phi) is 4.71. The Labute approximate surface area is 141 Å². The van der Waals surface area contributed by atoms with Gasteiger partial charge < -0.3 is 10.4 Å². The van der Waals surface area contributed by atoms with Crippen molar-refractivity contribution >= 4 is 28.8 Å². The molecule has 6 nitrogen and oxygen atoms in total. The van der Waals surface area contributed by atoms with Crippen LogP contribution >= 0.6 is 22.9 Å². The van der Waals surface area contributed by atoms with Crippen LogP contribution in [0, 0.1) is 0 Å². The van der Waals surface area contributed by atoms with Gasteiger partial charge in [-0.2, -0.15) is 9.90 Å². The van der Waals surface area contributed by atoms with Gasteiger partial charge in [0.05, 0.1) is 16.2 Å². The van der Waals surface area contributed by atoms with E-state index in [0.717, 1.165) is 5.69 Å². The third-order valence-electron chi connectivity index (χ3n) is 3.09. The highest BCUT2D eigenvalue weighted by atomic mass is 35.5. The number of aromatic nitrogens is 3. The van der Waals surface area contributed by atoms with Crippen molar-refractivity contribution in [3.63, 3.8) is 0 Å². The van der Waals surface area contributed by atoms with E-state index >= 15 is 0 Å². The summed E-state index contributed by atoms with van der Waals surface area (Å²) in [5, 5.41) is 20.8. The van der Waals surface area contributed by atoms with Crippen LogP contribution in [0.1, 0.15) is 21.5 Å². The summed E-state index contributed by atoms with van der Waals surface area (Å²) in [6, 6.07) is 12.7. The number of hydrogen-bond acceptors (Lipinski definition) is 5. The first-order valence-electron chi connectivity index (χ1n) is 6.83. The van der Waals surface area contributed by atoms with Gasteiger partial charge in [0.25, 0.3) is 5.91 Å². The molecule has 1 atom stereocenters. The molecule has 0 spiro atoms. The van der Waals surface area contributed by atoms with Crippen molar-refractivity contribution in [1.82, 2.24) is 20.3 Å². The van der Waals surface area contributed by atoms with Gasteiger partial charge in [0.2, 0.25) is 0 Å². The SMILES string of the molecule is O=C(NC[C@H](O)c1ccc(Cl)s1)c1cnn(-c2ccccc2)n1. The second-order valence-electron chi connectivity index (χ2n) is 4.72. The maximum Gasteiger partial charge on any atom is 0.273 e. The lowest BCUT2D eigenvalue weighted by Crippen LogP contribution is -2.28. The number of amides is 1. The van der Waals surface area contributed by atoms with E-state index < -0.39 is 12.0 Å². The lowest BCUT2D eigenvalue weighted by Gasteiger charge is -2.08. The Morgan fingerprint density at radius 2 is 2.09 bits per heavy atom. The molecule has 1 amide bonds. The number of para-hydroxylation sites is 1. The molecule has 0 bridgehead atoms. The molecular formula is C15H13ClN4O2S. The Morgan fingerprint density at radius 1 is 1.30 bits per heavy atom. The zero-order chi connectivity index (χ0) is 16.2. The summed E-state index contributed by atoms with van der Waals surface area (Å²) < 4.78 is 0.594. The number of carbonyl (C=O) groups excluding carboxylic acids is 1. The number of carbonyl (C=O) groups is 1. The van der Waals surface area contributed by atoms with Gasteiger partial charge in [0, 0.05) is 11.4 Å². The lowest BCUT2D eigenvalue weighted by atomic mass is 10.3. The molecule has 0 unspecified atom stereocenters. The number of rotatable bonds is 5. The molecule has 2 aromatic heterocycles. The molecule has 8 heteroatoms. The van der Waals surface area contributed by atoms with Gasteiger partial charge >= 0.3 is 0 Å². The van der Waals surface area contributed by atoms with Gasteiger partial charge in [-0.25, -0.2) is 0 Å². The van der Waals surface area contributed by atoms with E-state index in [4.69, 9.17) is 11.6 Å². The predicted octanol–water partition coefficient (Wildman–Crippen LogP) is 2.45. The summed E-state index contributed by atoms with van der Waals surface area (Å²) in [7, 11) is 0. The van der Waals surface area contributed by atoms with Crippen molar-refractivity contribution in [1.29, 1.82) is 0 Å². The summed E-state index contributed by atoms with van der Waals surface area (Å²) >= 11 is 7.10. The monoisotopic (exact) mass is 348 g/mol. The maximum absolute atomic E-state index is 12.1. The minimum atomic E-state index is -0.805. The first-order valence-corrected chi connectivity index (χ1v) is 8.02. The van der Waals surface area contributed by atoms with E-state index in [1.165, 1.54) is 22.3 Å². The molecular weight excluding hydrogens is 336 g/mol. The molecule has 0 saturated heterocycles. The number of thiophene rings is 1. The number of benzene rings is 1. The van der Waals surface area contributed by atoms with Crippen LogP contribution < -0.4 is 5.32 Å². The third-order valence-corrected chi connectivity index (χ3v) is 4.42. The fourth-order valence-electron chi connectivity index (χ4n) is 1.94. The van der Waals surface area contributed by atoms with Crippen molar-refractivity contribution < 1.29 is 9.90 Å². The van der Waals surface area contributed by atoms with Crippen LogP contribution in [-0.4, -0.2) is 32.6 Å². The van der Waals surface area contributed by atoms with Gasteiger partial charge in [-0.05, 0) is 24.3 Å². The number of nitrogens with zero attached hydrogens (tertiary/aromatic N) is 3. The molecule has 0 fully saturated rings. The van der Waals surface area contributed by atoms with Crippen molar-refractivity contribution in [2.75, 3.05) is 6.54 Å². The van der Waals surface area contributed by atoms with Gasteiger partial charge in [-0.15, -0.1) is 16.4 Å². The van der Waals surface area contributed by atoms with E-state index in [1.807, 2.05) is 30.3 Å². The molecule has 23 heavy (non-hydrogen) atoms. The third kappa shape index (κ3) is 3.76. The van der Waals surface area contributed by atoms with Gasteiger partial charge in [0.15, 0.2) is 5.69 Å². The predicted molar refractivity (Wildman–Crippen MR) is 88.0 cm³/mol. The smallest absolute Gasteiger partial charge is 0.273 e. The second kappa shape index (κ2) is 6.91. The van der Waals surface area contributed by atoms with Crippen LogP contribution in [0.25, 0.3) is 5.69 Å². The largest absolute Gasteiger partial charge is 0.386 e. The molecule has 0 aliphatic carbocycles. The highest BCUT2D eigenvalue weighted by Gasteiger charge is 2.15. The molecule has 2 N–H and O–H groups in total. The van der Waals surface area contributed by atoms with Crippen LogP contribution in [0.3, 0.4) is 0 Å². The molecule has 0 aliphatic heterocycles. The van der Waals surface area contributed by atoms with Gasteiger partial charge in [-0.1, -0.05) is 29.8 Å². The lowest BCUT2D eigenvalue weighted by molar-refractivity contribution is 0.0912. The van der Waals surface area contributed by atoms with Crippen LogP contribution in [-0.2, 0) is 0 Å². The second-order valence-corrected chi connectivity index (χ2v) is 6.47. The molecule has 118 valence electrons. The van der Waals surface area contributed by atoms with Crippen molar-refractivity contribution in [2.24, 2.45) is 0 Å². The highest BCUT2D eigenvalue weighted by Crippen LogP contribution is 2.26. The normalized spacial score (nSPS) is 12.1. The van der Waals surface area contributed by atoms with Crippen molar-refractivity contribution in [3.05, 3.63) is 63.6 Å². The molecule has 0 aliphatic rings. The Bertz CT molecular complexity index is 803. The summed E-state index contributed by atoms with van der Waals surface area (Å²) in [4.78, 5) is 14.1. The van der Waals surface area contributed by atoms with Crippen molar-refractivity contribution in [3.8, 4) is 5.69 Å². The molecule has 3 aromatic rings. The molecule has 2 heterocycles. The van der Waals surface area contributed by atoms with Gasteiger partial charge in [-0.3, -0.25) is 4.79 Å². The van der Waals surface area contributed by atoms with E-state index in [0.29, 0.717) is 9.21 Å². The topological polar surface area (TPSA) is 80.0 Å². The number of aliphatic hydroxyl groups is 1. The van der Waals surface area contributed by atoms with E-state index in [9.17, 15) is 9.90 Å².